The Morgan fingerprint density at radius 2 is 2.22 bits per heavy atom. The Balaban J connectivity index is 2.25. The third-order valence-corrected chi connectivity index (χ3v) is 2.79. The van der Waals surface area contributed by atoms with Crippen LogP contribution in [0.25, 0.3) is 6.08 Å². The fourth-order valence-electron chi connectivity index (χ4n) is 1.53. The Morgan fingerprint density at radius 1 is 1.44 bits per heavy atom. The van der Waals surface area contributed by atoms with Crippen LogP contribution in [0.15, 0.2) is 23.9 Å². The van der Waals surface area contributed by atoms with Crippen LogP contribution in [0.1, 0.15) is 12.5 Å². The van der Waals surface area contributed by atoms with Crippen molar-refractivity contribution in [2.75, 3.05) is 6.61 Å². The molecule has 0 aromatic heterocycles. The molecule has 0 spiro atoms. The maximum atomic E-state index is 11.5. The van der Waals surface area contributed by atoms with Crippen LogP contribution in [0.3, 0.4) is 0 Å². The molecule has 0 saturated carbocycles. The van der Waals surface area contributed by atoms with E-state index < -0.39 is 0 Å². The van der Waals surface area contributed by atoms with E-state index in [1.54, 1.807) is 18.2 Å². The summed E-state index contributed by atoms with van der Waals surface area (Å²) in [5.74, 6) is 0.380. The van der Waals surface area contributed by atoms with Gasteiger partial charge >= 0.3 is 0 Å². The second-order valence-electron chi connectivity index (χ2n) is 3.59. The van der Waals surface area contributed by atoms with Crippen LogP contribution in [0, 0.1) is 0 Å². The molecule has 1 heterocycles. The van der Waals surface area contributed by atoms with E-state index in [-0.39, 0.29) is 5.91 Å². The molecule has 2 rings (SSSR count). The summed E-state index contributed by atoms with van der Waals surface area (Å²) in [4.78, 5) is 11.5. The summed E-state index contributed by atoms with van der Waals surface area (Å²) in [6.07, 6.45) is 1.68. The van der Waals surface area contributed by atoms with Crippen molar-refractivity contribution in [1.29, 1.82) is 0 Å². The van der Waals surface area contributed by atoms with Crippen molar-refractivity contribution in [3.8, 4) is 5.75 Å². The molecule has 94 valence electrons. The number of nitrogens with one attached hydrogen (secondary N) is 2. The van der Waals surface area contributed by atoms with Gasteiger partial charge in [-0.05, 0) is 42.9 Å². The molecular weight excluding hydrogens is 272 g/mol. The summed E-state index contributed by atoms with van der Waals surface area (Å²) in [5.41, 5.74) is 1.20. The number of benzene rings is 1. The molecule has 1 amide bonds. The fraction of sp³-hybridized carbons (Fsp3) is 0.167. The number of rotatable bonds is 3. The van der Waals surface area contributed by atoms with E-state index in [9.17, 15) is 4.79 Å². The van der Waals surface area contributed by atoms with Gasteiger partial charge < -0.3 is 10.1 Å². The highest BCUT2D eigenvalue weighted by atomic mass is 35.5. The molecule has 0 unspecified atom stereocenters. The van der Waals surface area contributed by atoms with Crippen LogP contribution in [-0.4, -0.2) is 17.6 Å². The number of hydrogen-bond donors (Lipinski definition) is 2. The Hall–Kier alpha value is -1.59. The van der Waals surface area contributed by atoms with Crippen LogP contribution < -0.4 is 15.4 Å². The maximum absolute atomic E-state index is 11.5. The summed E-state index contributed by atoms with van der Waals surface area (Å²) < 4.78 is 5.33. The van der Waals surface area contributed by atoms with Gasteiger partial charge in [-0.15, -0.1) is 0 Å². The number of amides is 1. The smallest absolute Gasteiger partial charge is 0.273 e. The summed E-state index contributed by atoms with van der Waals surface area (Å²) in [5, 5.41) is 6.07. The number of ether oxygens (including phenoxy) is 1. The van der Waals surface area contributed by atoms with Gasteiger partial charge in [0.05, 0.1) is 11.6 Å². The van der Waals surface area contributed by atoms with Crippen molar-refractivity contribution in [3.63, 3.8) is 0 Å². The summed E-state index contributed by atoms with van der Waals surface area (Å²) in [6, 6.07) is 5.32. The van der Waals surface area contributed by atoms with Crippen molar-refractivity contribution in [1.82, 2.24) is 10.6 Å². The molecule has 1 aliphatic heterocycles. The van der Waals surface area contributed by atoms with Crippen molar-refractivity contribution >= 4 is 40.9 Å². The first-order valence-electron chi connectivity index (χ1n) is 5.36. The van der Waals surface area contributed by atoms with E-state index >= 15 is 0 Å². The lowest BCUT2D eigenvalue weighted by Crippen LogP contribution is -2.21. The highest BCUT2D eigenvalue weighted by Crippen LogP contribution is 2.26. The van der Waals surface area contributed by atoms with Gasteiger partial charge in [-0.25, -0.2) is 0 Å². The standard InChI is InChI=1S/C12H11ClN2O2S/c1-2-17-10-4-3-7(5-8(10)13)6-9-11(16)15-12(18)14-9/h3-6H,2H2,1H3,(H2,14,15,16,18)/b9-6-. The largest absolute Gasteiger partial charge is 0.492 e. The van der Waals surface area contributed by atoms with E-state index in [0.29, 0.717) is 28.2 Å². The van der Waals surface area contributed by atoms with Crippen LogP contribution in [0.4, 0.5) is 0 Å². The average Bonchev–Trinajstić information content (AvgIpc) is 2.61. The minimum absolute atomic E-state index is 0.245. The summed E-state index contributed by atoms with van der Waals surface area (Å²) in [7, 11) is 0. The zero-order valence-corrected chi connectivity index (χ0v) is 11.2. The van der Waals surface area contributed by atoms with Gasteiger partial charge in [0, 0.05) is 0 Å². The number of hydrogen-bond acceptors (Lipinski definition) is 3. The molecular formula is C12H11ClN2O2S. The first-order valence-corrected chi connectivity index (χ1v) is 6.15. The first-order chi connectivity index (χ1) is 8.60. The lowest BCUT2D eigenvalue weighted by Gasteiger charge is -2.06. The van der Waals surface area contributed by atoms with Gasteiger partial charge in [-0.1, -0.05) is 17.7 Å². The predicted molar refractivity (Wildman–Crippen MR) is 74.5 cm³/mol. The number of carbonyl (C=O) groups is 1. The molecule has 1 aromatic rings. The third-order valence-electron chi connectivity index (χ3n) is 2.29. The van der Waals surface area contributed by atoms with E-state index in [2.05, 4.69) is 10.6 Å². The SMILES string of the molecule is CCOc1ccc(/C=C2\NC(=S)NC2=O)cc1Cl. The lowest BCUT2D eigenvalue weighted by atomic mass is 10.2. The number of thiocarbonyl (C=S) groups is 1. The van der Waals surface area contributed by atoms with E-state index in [4.69, 9.17) is 28.6 Å². The van der Waals surface area contributed by atoms with Gasteiger partial charge in [0.2, 0.25) is 0 Å². The van der Waals surface area contributed by atoms with Crippen molar-refractivity contribution in [3.05, 3.63) is 34.5 Å². The fourth-order valence-corrected chi connectivity index (χ4v) is 1.97. The van der Waals surface area contributed by atoms with Gasteiger partial charge in [-0.2, -0.15) is 0 Å². The van der Waals surface area contributed by atoms with E-state index in [0.717, 1.165) is 5.56 Å². The van der Waals surface area contributed by atoms with Crippen LogP contribution >= 0.6 is 23.8 Å². The first kappa shape index (κ1) is 12.9. The lowest BCUT2D eigenvalue weighted by molar-refractivity contribution is -0.115. The zero-order valence-electron chi connectivity index (χ0n) is 9.62. The molecule has 18 heavy (non-hydrogen) atoms. The minimum atomic E-state index is -0.245. The summed E-state index contributed by atoms with van der Waals surface area (Å²) >= 11 is 10.9. The van der Waals surface area contributed by atoms with Crippen LogP contribution in [0.2, 0.25) is 5.02 Å². The molecule has 0 radical (unpaired) electrons. The highest BCUT2D eigenvalue weighted by Gasteiger charge is 2.19. The second-order valence-corrected chi connectivity index (χ2v) is 4.40. The Kier molecular flexibility index (Phi) is 3.84. The van der Waals surface area contributed by atoms with Crippen LogP contribution in [0.5, 0.6) is 5.75 Å². The van der Waals surface area contributed by atoms with Crippen molar-refractivity contribution in [2.45, 2.75) is 6.92 Å². The summed E-state index contributed by atoms with van der Waals surface area (Å²) in [6.45, 7) is 2.44. The highest BCUT2D eigenvalue weighted by molar-refractivity contribution is 7.80. The Morgan fingerprint density at radius 3 is 2.78 bits per heavy atom. The molecule has 0 bridgehead atoms. The predicted octanol–water partition coefficient (Wildman–Crippen LogP) is 2.08. The van der Waals surface area contributed by atoms with Gasteiger partial charge in [0.1, 0.15) is 11.4 Å². The van der Waals surface area contributed by atoms with Gasteiger partial charge in [0.25, 0.3) is 5.91 Å². The maximum Gasteiger partial charge on any atom is 0.273 e. The Labute approximate surface area is 115 Å². The van der Waals surface area contributed by atoms with Crippen LogP contribution in [-0.2, 0) is 4.79 Å². The van der Waals surface area contributed by atoms with Gasteiger partial charge in [-0.3, -0.25) is 10.1 Å². The second kappa shape index (κ2) is 5.37. The molecule has 0 aliphatic carbocycles. The molecule has 0 atom stereocenters. The zero-order chi connectivity index (χ0) is 13.1. The third kappa shape index (κ3) is 2.80. The average molecular weight is 283 g/mol. The molecule has 1 fully saturated rings. The molecule has 1 saturated heterocycles. The molecule has 1 aliphatic rings. The van der Waals surface area contributed by atoms with Crippen molar-refractivity contribution < 1.29 is 9.53 Å². The Bertz CT molecular complexity index is 543. The topological polar surface area (TPSA) is 50.4 Å². The monoisotopic (exact) mass is 282 g/mol. The normalized spacial score (nSPS) is 16.7. The quantitative estimate of drug-likeness (QED) is 0.658. The molecule has 4 nitrogen and oxygen atoms in total. The van der Waals surface area contributed by atoms with Crippen molar-refractivity contribution in [2.24, 2.45) is 0 Å². The van der Waals surface area contributed by atoms with E-state index in [1.165, 1.54) is 0 Å². The minimum Gasteiger partial charge on any atom is -0.492 e. The molecule has 2 N–H and O–H groups in total. The molecule has 6 heteroatoms. The molecule has 1 aromatic carbocycles. The number of carbonyl (C=O) groups excluding carboxylic acids is 1. The van der Waals surface area contributed by atoms with E-state index in [1.807, 2.05) is 13.0 Å². The van der Waals surface area contributed by atoms with Gasteiger partial charge in [0.15, 0.2) is 5.11 Å². The number of halogens is 1.